The van der Waals surface area contributed by atoms with Crippen LogP contribution >= 0.6 is 27.5 Å². The molecule has 0 aliphatic heterocycles. The van der Waals surface area contributed by atoms with Gasteiger partial charge in [-0.1, -0.05) is 64.3 Å². The van der Waals surface area contributed by atoms with Gasteiger partial charge in [0.1, 0.15) is 11.8 Å². The quantitative estimate of drug-likeness (QED) is 0.510. The van der Waals surface area contributed by atoms with E-state index in [0.717, 1.165) is 15.6 Å². The molecular formula is C24H30BrClN2O3. The highest BCUT2D eigenvalue weighted by molar-refractivity contribution is 9.10. The number of hydrogen-bond donors (Lipinski definition) is 1. The van der Waals surface area contributed by atoms with Gasteiger partial charge in [-0.15, -0.1) is 0 Å². The van der Waals surface area contributed by atoms with E-state index in [0.29, 0.717) is 23.7 Å². The predicted octanol–water partition coefficient (Wildman–Crippen LogP) is 5.51. The molecule has 2 rings (SSSR count). The molecule has 168 valence electrons. The van der Waals surface area contributed by atoms with E-state index in [1.165, 1.54) is 0 Å². The third-order valence-electron chi connectivity index (χ3n) is 4.56. The highest BCUT2D eigenvalue weighted by Gasteiger charge is 2.31. The average Bonchev–Trinajstić information content (AvgIpc) is 2.65. The molecule has 1 N–H and O–H groups in total. The molecule has 0 fully saturated rings. The van der Waals surface area contributed by atoms with Crippen LogP contribution in [-0.2, 0) is 16.1 Å². The first kappa shape index (κ1) is 25.2. The van der Waals surface area contributed by atoms with Gasteiger partial charge in [0.05, 0.1) is 5.02 Å². The Labute approximate surface area is 198 Å². The number of benzene rings is 2. The van der Waals surface area contributed by atoms with Crippen molar-refractivity contribution in [3.63, 3.8) is 0 Å². The van der Waals surface area contributed by atoms with Crippen molar-refractivity contribution in [1.29, 1.82) is 0 Å². The van der Waals surface area contributed by atoms with Crippen LogP contribution in [0.2, 0.25) is 5.02 Å². The summed E-state index contributed by atoms with van der Waals surface area (Å²) in [6, 6.07) is 12.5. The second-order valence-corrected chi connectivity index (χ2v) is 9.86. The fourth-order valence-electron chi connectivity index (χ4n) is 3.19. The summed E-state index contributed by atoms with van der Waals surface area (Å²) < 4.78 is 6.52. The molecule has 0 radical (unpaired) electrons. The number of amides is 2. The van der Waals surface area contributed by atoms with E-state index in [1.54, 1.807) is 23.1 Å². The van der Waals surface area contributed by atoms with Gasteiger partial charge in [-0.25, -0.2) is 0 Å². The molecule has 0 aliphatic rings. The summed E-state index contributed by atoms with van der Waals surface area (Å²) in [7, 11) is 0. The van der Waals surface area contributed by atoms with E-state index in [-0.39, 0.29) is 18.4 Å². The fourth-order valence-corrected chi connectivity index (χ4v) is 3.92. The Balaban J connectivity index is 2.26. The van der Waals surface area contributed by atoms with Crippen molar-refractivity contribution in [2.24, 2.45) is 0 Å². The zero-order chi connectivity index (χ0) is 23.2. The van der Waals surface area contributed by atoms with Crippen LogP contribution in [0.3, 0.4) is 0 Å². The first-order chi connectivity index (χ1) is 14.5. The van der Waals surface area contributed by atoms with Crippen molar-refractivity contribution >= 4 is 39.3 Å². The maximum atomic E-state index is 13.2. The third kappa shape index (κ3) is 7.86. The summed E-state index contributed by atoms with van der Waals surface area (Å²) in [4.78, 5) is 27.8. The van der Waals surface area contributed by atoms with Gasteiger partial charge in [0.25, 0.3) is 5.91 Å². The number of nitrogens with zero attached hydrogens (tertiary/aromatic N) is 1. The first-order valence-corrected chi connectivity index (χ1v) is 11.4. The second kappa shape index (κ2) is 11.0. The van der Waals surface area contributed by atoms with Crippen molar-refractivity contribution in [2.45, 2.75) is 59.2 Å². The number of nitrogens with one attached hydrogen (secondary N) is 1. The second-order valence-electron chi connectivity index (χ2n) is 8.54. The molecule has 0 aromatic heterocycles. The Morgan fingerprint density at radius 2 is 1.90 bits per heavy atom. The van der Waals surface area contributed by atoms with Crippen molar-refractivity contribution in [1.82, 2.24) is 10.2 Å². The normalized spacial score (nSPS) is 12.2. The minimum atomic E-state index is -0.615. The largest absolute Gasteiger partial charge is 0.482 e. The van der Waals surface area contributed by atoms with Crippen LogP contribution < -0.4 is 10.1 Å². The number of carbonyl (C=O) groups is 2. The average molecular weight is 510 g/mol. The Morgan fingerprint density at radius 1 is 1.19 bits per heavy atom. The summed E-state index contributed by atoms with van der Waals surface area (Å²) in [5.41, 5.74) is 1.65. The molecule has 1 atom stereocenters. The summed E-state index contributed by atoms with van der Waals surface area (Å²) in [5.74, 6) is -0.0463. The number of halogens is 2. The van der Waals surface area contributed by atoms with E-state index in [2.05, 4.69) is 21.2 Å². The van der Waals surface area contributed by atoms with E-state index in [9.17, 15) is 9.59 Å². The van der Waals surface area contributed by atoms with Crippen LogP contribution in [0.4, 0.5) is 0 Å². The van der Waals surface area contributed by atoms with E-state index < -0.39 is 11.6 Å². The molecule has 2 aromatic rings. The third-order valence-corrected chi connectivity index (χ3v) is 5.35. The van der Waals surface area contributed by atoms with Crippen molar-refractivity contribution in [3.8, 4) is 5.75 Å². The number of aryl methyl sites for hydroxylation is 1. The molecular weight excluding hydrogens is 480 g/mol. The lowest BCUT2D eigenvalue weighted by atomic mass is 10.1. The topological polar surface area (TPSA) is 58.6 Å². The molecule has 0 bridgehead atoms. The van der Waals surface area contributed by atoms with Crippen molar-refractivity contribution < 1.29 is 14.3 Å². The number of carbonyl (C=O) groups excluding carboxylic acids is 2. The Kier molecular flexibility index (Phi) is 8.95. The van der Waals surface area contributed by atoms with Gasteiger partial charge in [0, 0.05) is 16.6 Å². The van der Waals surface area contributed by atoms with E-state index in [4.69, 9.17) is 16.3 Å². The molecule has 0 aliphatic carbocycles. The van der Waals surface area contributed by atoms with Crippen LogP contribution in [0.25, 0.3) is 0 Å². The highest BCUT2D eigenvalue weighted by atomic mass is 79.9. The Bertz CT molecular complexity index is 927. The maximum absolute atomic E-state index is 13.2. The van der Waals surface area contributed by atoms with Gasteiger partial charge in [-0.05, 0) is 57.9 Å². The lowest BCUT2D eigenvalue weighted by molar-refractivity contribution is -0.143. The van der Waals surface area contributed by atoms with Crippen molar-refractivity contribution in [2.75, 3.05) is 6.61 Å². The van der Waals surface area contributed by atoms with E-state index in [1.807, 2.05) is 58.9 Å². The summed E-state index contributed by atoms with van der Waals surface area (Å²) in [6.45, 7) is 9.75. The lowest BCUT2D eigenvalue weighted by Crippen LogP contribution is -2.54. The molecule has 31 heavy (non-hydrogen) atoms. The molecule has 0 heterocycles. The molecule has 5 nitrogen and oxygen atoms in total. The SMILES string of the molecule is CCC(C(=O)NC(C)(C)C)N(Cc1cccc(C)c1)C(=O)COc1ccc(Br)cc1Cl. The monoisotopic (exact) mass is 508 g/mol. The van der Waals surface area contributed by atoms with Gasteiger partial charge in [0.2, 0.25) is 5.91 Å². The Hall–Kier alpha value is -2.05. The van der Waals surface area contributed by atoms with Gasteiger partial charge < -0.3 is 15.0 Å². The first-order valence-electron chi connectivity index (χ1n) is 10.2. The minimum Gasteiger partial charge on any atom is -0.482 e. The van der Waals surface area contributed by atoms with Gasteiger partial charge >= 0.3 is 0 Å². The standard InChI is InChI=1S/C24H30BrClN2O3/c1-6-20(23(30)27-24(3,4)5)28(14-17-9-7-8-16(2)12-17)22(29)15-31-21-11-10-18(25)13-19(21)26/h7-13,20H,6,14-15H2,1-5H3,(H,27,30). The van der Waals surface area contributed by atoms with E-state index >= 15 is 0 Å². The minimum absolute atomic E-state index is 0.183. The van der Waals surface area contributed by atoms with Crippen LogP contribution in [0.5, 0.6) is 5.75 Å². The summed E-state index contributed by atoms with van der Waals surface area (Å²) in [6.07, 6.45) is 0.485. The van der Waals surface area contributed by atoms with Crippen LogP contribution in [0.15, 0.2) is 46.9 Å². The smallest absolute Gasteiger partial charge is 0.261 e. The predicted molar refractivity (Wildman–Crippen MR) is 128 cm³/mol. The van der Waals surface area contributed by atoms with Crippen LogP contribution in [0, 0.1) is 6.92 Å². The maximum Gasteiger partial charge on any atom is 0.261 e. The zero-order valence-corrected chi connectivity index (χ0v) is 21.0. The zero-order valence-electron chi connectivity index (χ0n) is 18.7. The highest BCUT2D eigenvalue weighted by Crippen LogP contribution is 2.28. The lowest BCUT2D eigenvalue weighted by Gasteiger charge is -2.33. The molecule has 0 saturated heterocycles. The Morgan fingerprint density at radius 3 is 2.48 bits per heavy atom. The number of rotatable bonds is 8. The van der Waals surface area contributed by atoms with Gasteiger partial charge in [-0.2, -0.15) is 0 Å². The number of ether oxygens (including phenoxy) is 1. The molecule has 2 amide bonds. The van der Waals surface area contributed by atoms with Crippen LogP contribution in [-0.4, -0.2) is 34.9 Å². The summed E-state index contributed by atoms with van der Waals surface area (Å²) in [5, 5.41) is 3.40. The molecule has 7 heteroatoms. The summed E-state index contributed by atoms with van der Waals surface area (Å²) >= 11 is 9.56. The van der Waals surface area contributed by atoms with Gasteiger partial charge in [-0.3, -0.25) is 9.59 Å². The fraction of sp³-hybridized carbons (Fsp3) is 0.417. The molecule has 0 spiro atoms. The molecule has 2 aromatic carbocycles. The van der Waals surface area contributed by atoms with Crippen LogP contribution in [0.1, 0.15) is 45.2 Å². The molecule has 1 unspecified atom stereocenters. The molecule has 0 saturated carbocycles. The van der Waals surface area contributed by atoms with Crippen molar-refractivity contribution in [3.05, 3.63) is 63.1 Å². The number of hydrogen-bond acceptors (Lipinski definition) is 3. The van der Waals surface area contributed by atoms with Gasteiger partial charge in [0.15, 0.2) is 6.61 Å².